The summed E-state index contributed by atoms with van der Waals surface area (Å²) in [6.07, 6.45) is 2.84. The van der Waals surface area contributed by atoms with Gasteiger partial charge in [0, 0.05) is 10.6 Å². The molecule has 0 radical (unpaired) electrons. The second-order valence-electron chi connectivity index (χ2n) is 4.37. The van der Waals surface area contributed by atoms with Crippen molar-refractivity contribution >= 4 is 11.6 Å². The summed E-state index contributed by atoms with van der Waals surface area (Å²) in [6, 6.07) is 6.24. The standard InChI is InChI=1S/C13H14ClNO/c1-9-6-10(14)12(11(7-9)16-2)13(8-15)4-3-5-13/h6-7H,3-5H2,1-2H3. The highest BCUT2D eigenvalue weighted by Crippen LogP contribution is 2.49. The molecule has 1 fully saturated rings. The van der Waals surface area contributed by atoms with E-state index in [4.69, 9.17) is 16.3 Å². The maximum absolute atomic E-state index is 9.34. The highest BCUT2D eigenvalue weighted by atomic mass is 35.5. The third-order valence-corrected chi connectivity index (χ3v) is 3.62. The third kappa shape index (κ3) is 1.56. The van der Waals surface area contributed by atoms with Crippen LogP contribution in [0.3, 0.4) is 0 Å². The van der Waals surface area contributed by atoms with Crippen LogP contribution in [0, 0.1) is 18.3 Å². The molecule has 0 aliphatic heterocycles. The quantitative estimate of drug-likeness (QED) is 0.785. The second kappa shape index (κ2) is 3.99. The molecule has 1 aromatic rings. The number of methoxy groups -OCH3 is 1. The van der Waals surface area contributed by atoms with Gasteiger partial charge in [-0.2, -0.15) is 5.26 Å². The molecule has 3 heteroatoms. The van der Waals surface area contributed by atoms with Gasteiger partial charge < -0.3 is 4.74 Å². The lowest BCUT2D eigenvalue weighted by Gasteiger charge is -2.37. The smallest absolute Gasteiger partial charge is 0.125 e. The summed E-state index contributed by atoms with van der Waals surface area (Å²) < 4.78 is 5.36. The van der Waals surface area contributed by atoms with E-state index in [0.717, 1.165) is 36.1 Å². The predicted octanol–water partition coefficient (Wildman–Crippen LogP) is 3.60. The summed E-state index contributed by atoms with van der Waals surface area (Å²) in [5.74, 6) is 0.742. The first-order valence-electron chi connectivity index (χ1n) is 5.39. The van der Waals surface area contributed by atoms with E-state index in [2.05, 4.69) is 6.07 Å². The summed E-state index contributed by atoms with van der Waals surface area (Å²) in [5.41, 5.74) is 1.50. The van der Waals surface area contributed by atoms with Crippen molar-refractivity contribution in [2.24, 2.45) is 0 Å². The third-order valence-electron chi connectivity index (χ3n) is 3.32. The highest BCUT2D eigenvalue weighted by molar-refractivity contribution is 6.31. The average Bonchev–Trinajstić information content (AvgIpc) is 2.19. The van der Waals surface area contributed by atoms with Gasteiger partial charge in [-0.1, -0.05) is 11.6 Å². The fraction of sp³-hybridized carbons (Fsp3) is 0.462. The lowest BCUT2D eigenvalue weighted by Crippen LogP contribution is -2.33. The number of hydrogen-bond acceptors (Lipinski definition) is 2. The largest absolute Gasteiger partial charge is 0.496 e. The Bertz CT molecular complexity index is 458. The molecule has 0 aromatic heterocycles. The number of benzene rings is 1. The molecule has 0 atom stereocenters. The molecule has 0 heterocycles. The molecule has 16 heavy (non-hydrogen) atoms. The number of rotatable bonds is 2. The number of nitriles is 1. The minimum atomic E-state index is -0.421. The Morgan fingerprint density at radius 3 is 2.56 bits per heavy atom. The first-order valence-corrected chi connectivity index (χ1v) is 5.76. The topological polar surface area (TPSA) is 33.0 Å². The second-order valence-corrected chi connectivity index (χ2v) is 4.78. The Morgan fingerprint density at radius 1 is 1.44 bits per heavy atom. The van der Waals surface area contributed by atoms with Crippen molar-refractivity contribution in [3.8, 4) is 11.8 Å². The van der Waals surface area contributed by atoms with E-state index in [1.54, 1.807) is 7.11 Å². The van der Waals surface area contributed by atoms with Gasteiger partial charge in [-0.3, -0.25) is 0 Å². The molecule has 1 aliphatic carbocycles. The summed E-state index contributed by atoms with van der Waals surface area (Å²) in [5, 5.41) is 9.99. The fourth-order valence-electron chi connectivity index (χ4n) is 2.28. The molecule has 0 bridgehead atoms. The number of nitrogens with zero attached hydrogens (tertiary/aromatic N) is 1. The van der Waals surface area contributed by atoms with Gasteiger partial charge in [0.05, 0.1) is 18.6 Å². The zero-order valence-corrected chi connectivity index (χ0v) is 10.3. The van der Waals surface area contributed by atoms with E-state index in [0.29, 0.717) is 5.02 Å². The Labute approximate surface area is 101 Å². The van der Waals surface area contributed by atoms with Gasteiger partial charge in [0.2, 0.25) is 0 Å². The van der Waals surface area contributed by atoms with Crippen LogP contribution in [0.1, 0.15) is 30.4 Å². The predicted molar refractivity (Wildman–Crippen MR) is 63.9 cm³/mol. The number of hydrogen-bond donors (Lipinski definition) is 0. The molecule has 2 rings (SSSR count). The zero-order chi connectivity index (χ0) is 11.8. The molecule has 0 unspecified atom stereocenters. The Morgan fingerprint density at radius 2 is 2.12 bits per heavy atom. The molecule has 0 N–H and O–H groups in total. The van der Waals surface area contributed by atoms with Crippen LogP contribution in [0.5, 0.6) is 5.75 Å². The van der Waals surface area contributed by atoms with E-state index < -0.39 is 5.41 Å². The molecule has 0 spiro atoms. The van der Waals surface area contributed by atoms with Gasteiger partial charge in [0.15, 0.2) is 0 Å². The van der Waals surface area contributed by atoms with Crippen LogP contribution in [0.2, 0.25) is 5.02 Å². The summed E-state index contributed by atoms with van der Waals surface area (Å²) in [6.45, 7) is 1.97. The monoisotopic (exact) mass is 235 g/mol. The summed E-state index contributed by atoms with van der Waals surface area (Å²) >= 11 is 6.26. The van der Waals surface area contributed by atoms with Crippen molar-refractivity contribution < 1.29 is 4.74 Å². The number of aryl methyl sites for hydroxylation is 1. The molecule has 84 valence electrons. The highest BCUT2D eigenvalue weighted by Gasteiger charge is 2.42. The molecule has 2 nitrogen and oxygen atoms in total. The normalized spacial score (nSPS) is 17.4. The molecule has 0 saturated heterocycles. The lowest BCUT2D eigenvalue weighted by atomic mass is 9.65. The van der Waals surface area contributed by atoms with Gasteiger partial charge in [-0.15, -0.1) is 0 Å². The molecule has 1 saturated carbocycles. The summed E-state index contributed by atoms with van der Waals surface area (Å²) in [4.78, 5) is 0. The Kier molecular flexibility index (Phi) is 2.82. The van der Waals surface area contributed by atoms with Crippen LogP contribution < -0.4 is 4.74 Å². The van der Waals surface area contributed by atoms with Crippen molar-refractivity contribution in [3.05, 3.63) is 28.3 Å². The van der Waals surface area contributed by atoms with Gasteiger partial charge in [-0.05, 0) is 43.9 Å². The molecule has 1 aliphatic rings. The van der Waals surface area contributed by atoms with Crippen LogP contribution in [0.15, 0.2) is 12.1 Å². The molecular formula is C13H14ClNO. The molecule has 0 amide bonds. The van der Waals surface area contributed by atoms with Gasteiger partial charge in [-0.25, -0.2) is 0 Å². The van der Waals surface area contributed by atoms with Gasteiger partial charge in [0.1, 0.15) is 5.75 Å². The van der Waals surface area contributed by atoms with Crippen LogP contribution in [-0.4, -0.2) is 7.11 Å². The fourth-order valence-corrected chi connectivity index (χ4v) is 2.73. The van der Waals surface area contributed by atoms with E-state index >= 15 is 0 Å². The lowest BCUT2D eigenvalue weighted by molar-refractivity contribution is 0.307. The zero-order valence-electron chi connectivity index (χ0n) is 9.51. The van der Waals surface area contributed by atoms with Crippen molar-refractivity contribution in [2.75, 3.05) is 7.11 Å². The van der Waals surface area contributed by atoms with E-state index in [9.17, 15) is 5.26 Å². The maximum Gasteiger partial charge on any atom is 0.125 e. The average molecular weight is 236 g/mol. The van der Waals surface area contributed by atoms with Crippen LogP contribution in [0.4, 0.5) is 0 Å². The van der Waals surface area contributed by atoms with Gasteiger partial charge >= 0.3 is 0 Å². The van der Waals surface area contributed by atoms with Crippen molar-refractivity contribution in [1.82, 2.24) is 0 Å². The maximum atomic E-state index is 9.34. The minimum absolute atomic E-state index is 0.421. The SMILES string of the molecule is COc1cc(C)cc(Cl)c1C1(C#N)CCC1. The van der Waals surface area contributed by atoms with E-state index in [1.807, 2.05) is 19.1 Å². The van der Waals surface area contributed by atoms with E-state index in [-0.39, 0.29) is 0 Å². The first kappa shape index (κ1) is 11.3. The van der Waals surface area contributed by atoms with Crippen molar-refractivity contribution in [1.29, 1.82) is 5.26 Å². The van der Waals surface area contributed by atoms with Crippen LogP contribution in [0.25, 0.3) is 0 Å². The number of ether oxygens (including phenoxy) is 1. The molecular weight excluding hydrogens is 222 g/mol. The van der Waals surface area contributed by atoms with Crippen LogP contribution in [-0.2, 0) is 5.41 Å². The Hall–Kier alpha value is -1.20. The first-order chi connectivity index (χ1) is 7.63. The van der Waals surface area contributed by atoms with Gasteiger partial charge in [0.25, 0.3) is 0 Å². The van der Waals surface area contributed by atoms with Crippen molar-refractivity contribution in [3.63, 3.8) is 0 Å². The Balaban J connectivity index is 2.60. The van der Waals surface area contributed by atoms with Crippen LogP contribution >= 0.6 is 11.6 Å². The minimum Gasteiger partial charge on any atom is -0.496 e. The summed E-state index contributed by atoms with van der Waals surface area (Å²) in [7, 11) is 1.62. The van der Waals surface area contributed by atoms with Crippen molar-refractivity contribution in [2.45, 2.75) is 31.6 Å². The number of halogens is 1. The molecule has 1 aromatic carbocycles. The van der Waals surface area contributed by atoms with E-state index in [1.165, 1.54) is 0 Å².